The third kappa shape index (κ3) is 4.17. The van der Waals surface area contributed by atoms with E-state index in [1.54, 1.807) is 30.3 Å². The Morgan fingerprint density at radius 1 is 0.760 bits per heavy atom. The number of hydrogen-bond donors (Lipinski definition) is 2. The van der Waals surface area contributed by atoms with Crippen LogP contribution in [-0.4, -0.2) is 24.9 Å². The van der Waals surface area contributed by atoms with Crippen molar-refractivity contribution < 1.29 is 9.59 Å². The summed E-state index contributed by atoms with van der Waals surface area (Å²) in [4.78, 5) is 24.4. The molecule has 0 fully saturated rings. The molecule has 0 radical (unpaired) electrons. The normalized spacial score (nSPS) is 10.4. The molecule has 0 atom stereocenters. The lowest BCUT2D eigenvalue weighted by Gasteiger charge is -2.09. The fourth-order valence-corrected chi connectivity index (χ4v) is 2.70. The third-order valence-corrected chi connectivity index (χ3v) is 4.09. The Balaban J connectivity index is 1.54. The van der Waals surface area contributed by atoms with Crippen LogP contribution in [0.2, 0.25) is 5.02 Å². The van der Waals surface area contributed by atoms with Gasteiger partial charge in [0.05, 0.1) is 0 Å². The van der Waals surface area contributed by atoms with E-state index in [0.29, 0.717) is 29.2 Å². The van der Waals surface area contributed by atoms with Crippen LogP contribution in [0, 0.1) is 0 Å². The number of halogens is 1. The van der Waals surface area contributed by atoms with E-state index in [2.05, 4.69) is 10.6 Å². The van der Waals surface area contributed by atoms with E-state index in [1.165, 1.54) is 0 Å². The predicted molar refractivity (Wildman–Crippen MR) is 100 cm³/mol. The van der Waals surface area contributed by atoms with Gasteiger partial charge in [-0.15, -0.1) is 0 Å². The Morgan fingerprint density at radius 2 is 1.40 bits per heavy atom. The van der Waals surface area contributed by atoms with E-state index < -0.39 is 0 Å². The van der Waals surface area contributed by atoms with Crippen molar-refractivity contribution in [1.82, 2.24) is 10.6 Å². The van der Waals surface area contributed by atoms with Gasteiger partial charge in [0.1, 0.15) is 0 Å². The maximum Gasteiger partial charge on any atom is 0.251 e. The summed E-state index contributed by atoms with van der Waals surface area (Å²) in [5.41, 5.74) is 1.16. The van der Waals surface area contributed by atoms with E-state index in [-0.39, 0.29) is 11.8 Å². The van der Waals surface area contributed by atoms with Crippen molar-refractivity contribution in [2.45, 2.75) is 0 Å². The number of amides is 2. The maximum absolute atomic E-state index is 12.4. The van der Waals surface area contributed by atoms with Crippen molar-refractivity contribution in [3.05, 3.63) is 82.9 Å². The summed E-state index contributed by atoms with van der Waals surface area (Å²) in [5.74, 6) is -0.353. The summed E-state index contributed by atoms with van der Waals surface area (Å²) >= 11 is 5.80. The van der Waals surface area contributed by atoms with Gasteiger partial charge in [-0.25, -0.2) is 0 Å². The molecule has 0 aliphatic heterocycles. The standard InChI is InChI=1S/C20H17ClN2O2/c21-16-10-8-15(9-11-16)19(24)22-12-13-23-20(25)18-7-3-5-14-4-1-2-6-17(14)18/h1-11H,12-13H2,(H,22,24)(H,23,25). The van der Waals surface area contributed by atoms with Crippen LogP contribution in [0.4, 0.5) is 0 Å². The molecule has 2 N–H and O–H groups in total. The molecule has 0 saturated carbocycles. The van der Waals surface area contributed by atoms with Crippen molar-refractivity contribution in [1.29, 1.82) is 0 Å². The Morgan fingerprint density at radius 3 is 2.16 bits per heavy atom. The zero-order valence-electron chi connectivity index (χ0n) is 13.5. The topological polar surface area (TPSA) is 58.2 Å². The summed E-state index contributed by atoms with van der Waals surface area (Å²) < 4.78 is 0. The van der Waals surface area contributed by atoms with Crippen LogP contribution < -0.4 is 10.6 Å². The van der Waals surface area contributed by atoms with Gasteiger partial charge in [-0.2, -0.15) is 0 Å². The van der Waals surface area contributed by atoms with Crippen molar-refractivity contribution in [2.24, 2.45) is 0 Å². The second-order valence-corrected chi connectivity index (χ2v) is 5.98. The molecule has 0 aromatic heterocycles. The van der Waals surface area contributed by atoms with Gasteiger partial charge < -0.3 is 10.6 Å². The van der Waals surface area contributed by atoms with Crippen LogP contribution in [-0.2, 0) is 0 Å². The summed E-state index contributed by atoms with van der Waals surface area (Å²) in [6.45, 7) is 0.694. The van der Waals surface area contributed by atoms with Crippen molar-refractivity contribution in [3.63, 3.8) is 0 Å². The van der Waals surface area contributed by atoms with E-state index >= 15 is 0 Å². The molecule has 0 heterocycles. The van der Waals surface area contributed by atoms with Gasteiger partial charge in [0, 0.05) is 29.2 Å². The molecule has 3 rings (SSSR count). The zero-order valence-corrected chi connectivity index (χ0v) is 14.2. The second-order valence-electron chi connectivity index (χ2n) is 5.55. The number of benzene rings is 3. The fourth-order valence-electron chi connectivity index (χ4n) is 2.57. The maximum atomic E-state index is 12.4. The van der Waals surface area contributed by atoms with Crippen LogP contribution in [0.25, 0.3) is 10.8 Å². The van der Waals surface area contributed by atoms with E-state index in [0.717, 1.165) is 10.8 Å². The Kier molecular flexibility index (Phi) is 5.31. The van der Waals surface area contributed by atoms with Crippen molar-refractivity contribution in [2.75, 3.05) is 13.1 Å². The highest BCUT2D eigenvalue weighted by Crippen LogP contribution is 2.18. The molecule has 0 saturated heterocycles. The molecule has 0 aliphatic rings. The molecular weight excluding hydrogens is 336 g/mol. The summed E-state index contributed by atoms with van der Waals surface area (Å²) in [5, 5.41) is 8.11. The number of carbonyl (C=O) groups excluding carboxylic acids is 2. The number of rotatable bonds is 5. The fraction of sp³-hybridized carbons (Fsp3) is 0.100. The lowest BCUT2D eigenvalue weighted by molar-refractivity contribution is 0.0928. The van der Waals surface area contributed by atoms with Gasteiger partial charge in [0.15, 0.2) is 0 Å². The molecule has 0 aliphatic carbocycles. The van der Waals surface area contributed by atoms with Crippen molar-refractivity contribution in [3.8, 4) is 0 Å². The molecule has 25 heavy (non-hydrogen) atoms. The molecule has 0 spiro atoms. The van der Waals surface area contributed by atoms with Gasteiger partial charge >= 0.3 is 0 Å². The molecule has 2 amide bonds. The molecule has 3 aromatic carbocycles. The van der Waals surface area contributed by atoms with Crippen LogP contribution in [0.1, 0.15) is 20.7 Å². The monoisotopic (exact) mass is 352 g/mol. The average molecular weight is 353 g/mol. The molecule has 0 unspecified atom stereocenters. The minimum atomic E-state index is -0.198. The number of nitrogens with one attached hydrogen (secondary N) is 2. The van der Waals surface area contributed by atoms with Gasteiger partial charge in [-0.1, -0.05) is 48.0 Å². The largest absolute Gasteiger partial charge is 0.350 e. The predicted octanol–water partition coefficient (Wildman–Crippen LogP) is 3.65. The highest BCUT2D eigenvalue weighted by molar-refractivity contribution is 6.30. The van der Waals surface area contributed by atoms with E-state index in [4.69, 9.17) is 11.6 Å². The molecule has 3 aromatic rings. The first-order valence-electron chi connectivity index (χ1n) is 7.95. The molecule has 0 bridgehead atoms. The molecular formula is C20H17ClN2O2. The van der Waals surface area contributed by atoms with Gasteiger partial charge in [-0.05, 0) is 41.1 Å². The number of carbonyl (C=O) groups is 2. The Bertz CT molecular complexity index is 902. The highest BCUT2D eigenvalue weighted by Gasteiger charge is 2.09. The number of hydrogen-bond acceptors (Lipinski definition) is 2. The Hall–Kier alpha value is -2.85. The van der Waals surface area contributed by atoms with Gasteiger partial charge in [0.2, 0.25) is 0 Å². The first-order valence-corrected chi connectivity index (χ1v) is 8.33. The van der Waals surface area contributed by atoms with E-state index in [1.807, 2.05) is 36.4 Å². The second kappa shape index (κ2) is 7.81. The average Bonchev–Trinajstić information content (AvgIpc) is 2.65. The Labute approximate surface area is 150 Å². The van der Waals surface area contributed by atoms with Crippen LogP contribution in [0.5, 0.6) is 0 Å². The highest BCUT2D eigenvalue weighted by atomic mass is 35.5. The van der Waals surface area contributed by atoms with Crippen molar-refractivity contribution >= 4 is 34.2 Å². The first kappa shape index (κ1) is 17.0. The van der Waals surface area contributed by atoms with Gasteiger partial charge in [0.25, 0.3) is 11.8 Å². The quantitative estimate of drug-likeness (QED) is 0.688. The molecule has 5 heteroatoms. The minimum absolute atomic E-state index is 0.155. The lowest BCUT2D eigenvalue weighted by atomic mass is 10.0. The van der Waals surface area contributed by atoms with Crippen LogP contribution in [0.15, 0.2) is 66.7 Å². The minimum Gasteiger partial charge on any atom is -0.350 e. The van der Waals surface area contributed by atoms with Crippen LogP contribution in [0.3, 0.4) is 0 Å². The summed E-state index contributed by atoms with van der Waals surface area (Å²) in [6.07, 6.45) is 0. The zero-order chi connectivity index (χ0) is 17.6. The third-order valence-electron chi connectivity index (χ3n) is 3.84. The van der Waals surface area contributed by atoms with Crippen LogP contribution >= 0.6 is 11.6 Å². The van der Waals surface area contributed by atoms with Gasteiger partial charge in [-0.3, -0.25) is 9.59 Å². The summed E-state index contributed by atoms with van der Waals surface area (Å²) in [6, 6.07) is 20.0. The lowest BCUT2D eigenvalue weighted by Crippen LogP contribution is -2.34. The smallest absolute Gasteiger partial charge is 0.251 e. The number of fused-ring (bicyclic) bond motifs is 1. The molecule has 4 nitrogen and oxygen atoms in total. The first-order chi connectivity index (χ1) is 12.1. The molecule has 126 valence electrons. The SMILES string of the molecule is O=C(NCCNC(=O)c1cccc2ccccc12)c1ccc(Cl)cc1. The van der Waals surface area contributed by atoms with E-state index in [9.17, 15) is 9.59 Å². The summed E-state index contributed by atoms with van der Waals surface area (Å²) in [7, 11) is 0.